The number of aliphatic imine (C=N–C) groups is 1. The number of nitrogens with one attached hydrogen (secondary N) is 1. The molecule has 0 amide bonds. The van der Waals surface area contributed by atoms with E-state index < -0.39 is 0 Å². The molecular weight excluding hydrogens is 376 g/mol. The molecule has 0 saturated carbocycles. The lowest BCUT2D eigenvalue weighted by Gasteiger charge is -2.20. The Hall–Kier alpha value is -2.82. The van der Waals surface area contributed by atoms with Crippen LogP contribution in [0.4, 0.5) is 5.69 Å². The maximum atomic E-state index is 6.35. The second-order valence-electron chi connectivity index (χ2n) is 6.64. The van der Waals surface area contributed by atoms with Crippen molar-refractivity contribution in [2.24, 2.45) is 4.99 Å². The second-order valence-corrected chi connectivity index (χ2v) is 8.08. The predicted molar refractivity (Wildman–Crippen MR) is 114 cm³/mol. The highest BCUT2D eigenvalue weighted by atomic mass is 35.5. The molecule has 27 heavy (non-hydrogen) atoms. The lowest BCUT2D eigenvalue weighted by atomic mass is 10.0. The molecule has 3 nitrogen and oxygen atoms in total. The molecule has 0 spiro atoms. The summed E-state index contributed by atoms with van der Waals surface area (Å²) in [4.78, 5) is 5.87. The number of benzene rings is 3. The molecule has 5 aromatic rings. The van der Waals surface area contributed by atoms with Gasteiger partial charge in [-0.2, -0.15) is 0 Å². The first-order valence-electron chi connectivity index (χ1n) is 8.71. The zero-order valence-corrected chi connectivity index (χ0v) is 15.6. The van der Waals surface area contributed by atoms with Crippen molar-refractivity contribution in [3.05, 3.63) is 77.2 Å². The Labute approximate surface area is 163 Å². The van der Waals surface area contributed by atoms with Crippen LogP contribution in [-0.2, 0) is 0 Å². The summed E-state index contributed by atoms with van der Waals surface area (Å²) < 4.78 is 7.29. The summed E-state index contributed by atoms with van der Waals surface area (Å²) in [5.41, 5.74) is 3.92. The molecule has 1 unspecified atom stereocenters. The van der Waals surface area contributed by atoms with Crippen LogP contribution in [0.25, 0.3) is 32.0 Å². The second kappa shape index (κ2) is 5.59. The normalized spacial score (nSPS) is 16.5. The van der Waals surface area contributed by atoms with Crippen LogP contribution >= 0.6 is 22.9 Å². The van der Waals surface area contributed by atoms with Crippen molar-refractivity contribution in [2.45, 2.75) is 6.04 Å². The van der Waals surface area contributed by atoms with Crippen LogP contribution in [0.5, 0.6) is 0 Å². The van der Waals surface area contributed by atoms with Crippen LogP contribution < -0.4 is 5.32 Å². The zero-order chi connectivity index (χ0) is 18.0. The fourth-order valence-corrected chi connectivity index (χ4v) is 5.25. The molecule has 1 aliphatic heterocycles. The Bertz CT molecular complexity index is 1380. The summed E-state index contributed by atoms with van der Waals surface area (Å²) in [5.74, 6) is 0. The van der Waals surface area contributed by atoms with E-state index in [4.69, 9.17) is 16.0 Å². The molecule has 3 aromatic carbocycles. The van der Waals surface area contributed by atoms with Gasteiger partial charge in [0.05, 0.1) is 10.6 Å². The molecule has 3 heterocycles. The lowest BCUT2D eigenvalue weighted by Crippen LogP contribution is -2.14. The lowest BCUT2D eigenvalue weighted by molar-refractivity contribution is 0.667. The number of hydrogen-bond donors (Lipinski definition) is 1. The zero-order valence-electron chi connectivity index (χ0n) is 14.1. The number of para-hydroxylation sites is 1. The number of thiophene rings is 1. The first-order valence-corrected chi connectivity index (χ1v) is 9.90. The summed E-state index contributed by atoms with van der Waals surface area (Å²) in [6, 6.07) is 22.7. The number of anilines is 1. The van der Waals surface area contributed by atoms with E-state index in [-0.39, 0.29) is 6.04 Å². The van der Waals surface area contributed by atoms with Gasteiger partial charge in [0, 0.05) is 20.9 Å². The van der Waals surface area contributed by atoms with Crippen molar-refractivity contribution in [1.82, 2.24) is 0 Å². The van der Waals surface area contributed by atoms with Gasteiger partial charge in [-0.15, -0.1) is 11.3 Å². The molecule has 1 aliphatic rings. The van der Waals surface area contributed by atoms with Gasteiger partial charge in [0.2, 0.25) is 0 Å². The Kier molecular flexibility index (Phi) is 3.16. The summed E-state index contributed by atoms with van der Waals surface area (Å²) in [6.45, 7) is 0. The van der Waals surface area contributed by atoms with Crippen molar-refractivity contribution >= 4 is 65.9 Å². The Balaban J connectivity index is 1.57. The minimum absolute atomic E-state index is 0.135. The van der Waals surface area contributed by atoms with Crippen LogP contribution in [0.2, 0.25) is 0 Å². The standard InChI is InChI=1S/C22H13ClN2OS/c23-22-24-19(21-20(25-22)15-6-2-4-8-18(15)27-21)12-9-10-14-13-5-1-3-7-16(13)26-17(14)11-12/h1-11,19H,(H,24,25). The molecule has 0 bridgehead atoms. The topological polar surface area (TPSA) is 37.5 Å². The van der Waals surface area contributed by atoms with Gasteiger partial charge in [-0.25, -0.2) is 4.99 Å². The maximum Gasteiger partial charge on any atom is 0.196 e. The largest absolute Gasteiger partial charge is 0.456 e. The molecule has 0 saturated heterocycles. The van der Waals surface area contributed by atoms with Gasteiger partial charge in [0.1, 0.15) is 17.2 Å². The van der Waals surface area contributed by atoms with Gasteiger partial charge in [0.25, 0.3) is 0 Å². The summed E-state index contributed by atoms with van der Waals surface area (Å²) in [7, 11) is 0. The number of furan rings is 1. The van der Waals surface area contributed by atoms with Crippen molar-refractivity contribution in [3.8, 4) is 0 Å². The summed E-state index contributed by atoms with van der Waals surface area (Å²) >= 11 is 8.11. The number of nitrogens with zero attached hydrogens (tertiary/aromatic N) is 1. The van der Waals surface area contributed by atoms with Gasteiger partial charge in [-0.1, -0.05) is 48.5 Å². The number of fused-ring (bicyclic) bond motifs is 6. The minimum atomic E-state index is -0.135. The number of amidine groups is 1. The third kappa shape index (κ3) is 2.24. The Morgan fingerprint density at radius 2 is 1.67 bits per heavy atom. The van der Waals surface area contributed by atoms with E-state index in [1.807, 2.05) is 24.3 Å². The van der Waals surface area contributed by atoms with Crippen molar-refractivity contribution in [2.75, 3.05) is 5.32 Å². The maximum absolute atomic E-state index is 6.35. The quantitative estimate of drug-likeness (QED) is 0.317. The van der Waals surface area contributed by atoms with Crippen LogP contribution in [0.3, 0.4) is 0 Å². The minimum Gasteiger partial charge on any atom is -0.456 e. The van der Waals surface area contributed by atoms with Crippen molar-refractivity contribution in [1.29, 1.82) is 0 Å². The summed E-state index contributed by atoms with van der Waals surface area (Å²) in [6.07, 6.45) is 0. The molecule has 130 valence electrons. The van der Waals surface area contributed by atoms with Crippen molar-refractivity contribution in [3.63, 3.8) is 0 Å². The van der Waals surface area contributed by atoms with Crippen LogP contribution in [0.15, 0.2) is 76.1 Å². The first-order chi connectivity index (χ1) is 13.3. The smallest absolute Gasteiger partial charge is 0.196 e. The fourth-order valence-electron chi connectivity index (χ4n) is 3.83. The molecule has 5 heteroatoms. The van der Waals surface area contributed by atoms with Crippen LogP contribution in [0, 0.1) is 0 Å². The third-order valence-corrected chi connectivity index (χ3v) is 6.48. The SMILES string of the molecule is ClC1=NC(c2ccc3c(c2)oc2ccccc23)c2sc3ccccc3c2N1. The Morgan fingerprint density at radius 1 is 0.889 bits per heavy atom. The highest BCUT2D eigenvalue weighted by Crippen LogP contribution is 2.46. The highest BCUT2D eigenvalue weighted by molar-refractivity contribution is 7.20. The van der Waals surface area contributed by atoms with Gasteiger partial charge in [-0.05, 0) is 35.4 Å². The average molecular weight is 389 g/mol. The molecular formula is C22H13ClN2OS. The van der Waals surface area contributed by atoms with Gasteiger partial charge >= 0.3 is 0 Å². The number of halogens is 1. The molecule has 2 aromatic heterocycles. The number of hydrogen-bond acceptors (Lipinski definition) is 4. The van der Waals surface area contributed by atoms with E-state index in [2.05, 4.69) is 52.8 Å². The molecule has 0 fully saturated rings. The van der Waals surface area contributed by atoms with Crippen LogP contribution in [0.1, 0.15) is 16.5 Å². The fraction of sp³-hybridized carbons (Fsp3) is 0.0455. The van der Waals surface area contributed by atoms with Gasteiger partial charge in [0.15, 0.2) is 5.29 Å². The van der Waals surface area contributed by atoms with E-state index in [9.17, 15) is 0 Å². The van der Waals surface area contributed by atoms with E-state index in [1.165, 1.54) is 15.0 Å². The number of rotatable bonds is 1. The predicted octanol–water partition coefficient (Wildman–Crippen LogP) is 6.91. The molecule has 0 aliphatic carbocycles. The van der Waals surface area contributed by atoms with E-state index in [0.717, 1.165) is 33.2 Å². The molecule has 6 rings (SSSR count). The van der Waals surface area contributed by atoms with E-state index in [0.29, 0.717) is 5.29 Å². The van der Waals surface area contributed by atoms with Crippen LogP contribution in [-0.4, -0.2) is 5.29 Å². The van der Waals surface area contributed by atoms with Gasteiger partial charge < -0.3 is 9.73 Å². The molecule has 1 atom stereocenters. The monoisotopic (exact) mass is 388 g/mol. The Morgan fingerprint density at radius 3 is 2.59 bits per heavy atom. The third-order valence-electron chi connectivity index (χ3n) is 5.06. The molecule has 0 radical (unpaired) electrons. The summed E-state index contributed by atoms with van der Waals surface area (Å²) in [5, 5.41) is 7.10. The van der Waals surface area contributed by atoms with Gasteiger partial charge in [-0.3, -0.25) is 0 Å². The van der Waals surface area contributed by atoms with E-state index in [1.54, 1.807) is 11.3 Å². The average Bonchev–Trinajstić information content (AvgIpc) is 3.25. The van der Waals surface area contributed by atoms with E-state index >= 15 is 0 Å². The molecule has 1 N–H and O–H groups in total. The van der Waals surface area contributed by atoms with Crippen molar-refractivity contribution < 1.29 is 4.42 Å². The first kappa shape index (κ1) is 15.3. The highest BCUT2D eigenvalue weighted by Gasteiger charge is 2.27.